The van der Waals surface area contributed by atoms with Crippen molar-refractivity contribution in [3.8, 4) is 20.9 Å². The third kappa shape index (κ3) is 5.62. The Balaban J connectivity index is 1.52. The van der Waals surface area contributed by atoms with Gasteiger partial charge in [-0.25, -0.2) is 0 Å². The lowest BCUT2D eigenvalue weighted by molar-refractivity contribution is 0.600. The van der Waals surface area contributed by atoms with Crippen LogP contribution in [0.15, 0.2) is 93.1 Å². The van der Waals surface area contributed by atoms with E-state index in [0.29, 0.717) is 10.8 Å². The third-order valence-corrected chi connectivity index (χ3v) is 11.2. The summed E-state index contributed by atoms with van der Waals surface area (Å²) in [5.41, 5.74) is 5.79. The Morgan fingerprint density at radius 1 is 0.500 bits per heavy atom. The Labute approximate surface area is 277 Å². The van der Waals surface area contributed by atoms with Gasteiger partial charge in [0.15, 0.2) is 10.9 Å². The molecule has 7 aromatic rings. The van der Waals surface area contributed by atoms with Gasteiger partial charge in [-0.2, -0.15) is 0 Å². The zero-order valence-electron chi connectivity index (χ0n) is 26.7. The largest absolute Gasteiger partial charge is 0.340 e. The van der Waals surface area contributed by atoms with Crippen LogP contribution >= 0.6 is 22.7 Å². The average Bonchev–Trinajstić information content (AvgIpc) is 3.83. The Morgan fingerprint density at radius 3 is 1.33 bits per heavy atom. The molecule has 0 fully saturated rings. The SMILES string of the molecule is CCCCCCn1c2ccc(-c3cccs3)cc2c(=O)c2cc3c(cc21)c(=O)c1cc(-c2cccs2)ccc1n3CCCCCC. The van der Waals surface area contributed by atoms with Crippen molar-refractivity contribution >= 4 is 66.3 Å². The standard InChI is InChI=1S/C40H40N2O2S2/c1-3-5-7-9-19-41-33-17-15-27(37-13-11-21-45-37)23-29(33)39(43)31-26-36-32(25-35(31)41)40(44)30-24-28(38-14-12-22-46-38)16-18-34(30)42(36)20-10-8-6-4-2/h11-18,21-26H,3-10,19-20H2,1-2H3. The number of fused-ring (bicyclic) bond motifs is 4. The Hall–Kier alpha value is -4.00. The summed E-state index contributed by atoms with van der Waals surface area (Å²) in [6.45, 7) is 6.06. The summed E-state index contributed by atoms with van der Waals surface area (Å²) in [5.74, 6) is 0. The fourth-order valence-corrected chi connectivity index (χ4v) is 8.36. The molecule has 0 atom stereocenters. The number of rotatable bonds is 12. The maximum Gasteiger partial charge on any atom is 0.197 e. The summed E-state index contributed by atoms with van der Waals surface area (Å²) < 4.78 is 4.60. The van der Waals surface area contributed by atoms with E-state index in [-0.39, 0.29) is 10.9 Å². The lowest BCUT2D eigenvalue weighted by atomic mass is 10.0. The molecule has 4 nitrogen and oxygen atoms in total. The number of hydrogen-bond acceptors (Lipinski definition) is 4. The van der Waals surface area contributed by atoms with E-state index in [1.807, 2.05) is 12.1 Å². The molecule has 3 aromatic carbocycles. The zero-order chi connectivity index (χ0) is 31.6. The van der Waals surface area contributed by atoms with Gasteiger partial charge in [0.25, 0.3) is 0 Å². The van der Waals surface area contributed by atoms with Gasteiger partial charge < -0.3 is 9.13 Å². The van der Waals surface area contributed by atoms with Crippen molar-refractivity contribution in [1.29, 1.82) is 0 Å². The molecule has 6 heteroatoms. The number of aryl methyl sites for hydroxylation is 2. The first-order valence-corrected chi connectivity index (χ1v) is 18.5. The van der Waals surface area contributed by atoms with Crippen LogP contribution in [-0.4, -0.2) is 9.13 Å². The molecule has 0 radical (unpaired) electrons. The van der Waals surface area contributed by atoms with E-state index in [4.69, 9.17) is 0 Å². The topological polar surface area (TPSA) is 44.0 Å². The van der Waals surface area contributed by atoms with Gasteiger partial charge in [0, 0.05) is 44.4 Å². The molecule has 0 bridgehead atoms. The van der Waals surface area contributed by atoms with Gasteiger partial charge in [-0.3, -0.25) is 9.59 Å². The summed E-state index contributed by atoms with van der Waals surface area (Å²) >= 11 is 3.38. The van der Waals surface area contributed by atoms with E-state index in [0.717, 1.165) is 92.5 Å². The number of benzene rings is 3. The van der Waals surface area contributed by atoms with Gasteiger partial charge in [-0.1, -0.05) is 76.6 Å². The van der Waals surface area contributed by atoms with Crippen LogP contribution < -0.4 is 10.9 Å². The molecule has 0 amide bonds. The van der Waals surface area contributed by atoms with Crippen LogP contribution in [0, 0.1) is 0 Å². The first-order valence-electron chi connectivity index (χ1n) is 16.8. The van der Waals surface area contributed by atoms with E-state index < -0.39 is 0 Å². The van der Waals surface area contributed by atoms with Crippen molar-refractivity contribution in [3.05, 3.63) is 104 Å². The normalized spacial score (nSPS) is 11.9. The van der Waals surface area contributed by atoms with Gasteiger partial charge >= 0.3 is 0 Å². The molecule has 234 valence electrons. The van der Waals surface area contributed by atoms with Crippen molar-refractivity contribution in [2.24, 2.45) is 0 Å². The second-order valence-electron chi connectivity index (χ2n) is 12.4. The molecule has 0 spiro atoms. The lowest BCUT2D eigenvalue weighted by Crippen LogP contribution is -2.16. The maximum atomic E-state index is 14.4. The van der Waals surface area contributed by atoms with E-state index in [1.165, 1.54) is 25.7 Å². The van der Waals surface area contributed by atoms with Crippen LogP contribution in [-0.2, 0) is 13.1 Å². The van der Waals surface area contributed by atoms with Crippen molar-refractivity contribution in [1.82, 2.24) is 9.13 Å². The number of aromatic nitrogens is 2. The highest BCUT2D eigenvalue weighted by Gasteiger charge is 2.18. The molecule has 0 saturated carbocycles. The molecule has 4 heterocycles. The monoisotopic (exact) mass is 644 g/mol. The summed E-state index contributed by atoms with van der Waals surface area (Å²) in [6.07, 6.45) is 9.01. The van der Waals surface area contributed by atoms with Crippen LogP contribution in [0.5, 0.6) is 0 Å². The van der Waals surface area contributed by atoms with Crippen LogP contribution in [0.3, 0.4) is 0 Å². The maximum absolute atomic E-state index is 14.4. The molecule has 0 saturated heterocycles. The Kier molecular flexibility index (Phi) is 8.92. The smallest absolute Gasteiger partial charge is 0.197 e. The molecule has 0 aliphatic carbocycles. The third-order valence-electron chi connectivity index (χ3n) is 9.33. The minimum absolute atomic E-state index is 0.0354. The molecule has 7 rings (SSSR count). The fraction of sp³-hybridized carbons (Fsp3) is 0.300. The van der Waals surface area contributed by atoms with Crippen molar-refractivity contribution < 1.29 is 0 Å². The predicted octanol–water partition coefficient (Wildman–Crippen LogP) is 11.2. The van der Waals surface area contributed by atoms with Gasteiger partial charge in [0.1, 0.15) is 0 Å². The van der Waals surface area contributed by atoms with E-state index in [1.54, 1.807) is 22.7 Å². The minimum Gasteiger partial charge on any atom is -0.340 e. The van der Waals surface area contributed by atoms with Gasteiger partial charge in [-0.15, -0.1) is 22.7 Å². The minimum atomic E-state index is 0.0354. The summed E-state index contributed by atoms with van der Waals surface area (Å²) in [4.78, 5) is 31.2. The molecule has 0 aliphatic rings. The molecular formula is C40H40N2O2S2. The molecule has 0 aliphatic heterocycles. The number of hydrogen-bond donors (Lipinski definition) is 0. The fourth-order valence-electron chi connectivity index (χ4n) is 6.91. The van der Waals surface area contributed by atoms with E-state index in [9.17, 15) is 9.59 Å². The number of nitrogens with zero attached hydrogens (tertiary/aromatic N) is 2. The lowest BCUT2D eigenvalue weighted by Gasteiger charge is -2.19. The molecule has 0 unspecified atom stereocenters. The van der Waals surface area contributed by atoms with Gasteiger partial charge in [-0.05, 0) is 83.3 Å². The first kappa shape index (κ1) is 30.6. The molecular weight excluding hydrogens is 605 g/mol. The quantitative estimate of drug-likeness (QED) is 0.0981. The van der Waals surface area contributed by atoms with Crippen LogP contribution in [0.2, 0.25) is 0 Å². The zero-order valence-corrected chi connectivity index (χ0v) is 28.3. The van der Waals surface area contributed by atoms with Crippen molar-refractivity contribution in [3.63, 3.8) is 0 Å². The van der Waals surface area contributed by atoms with Crippen LogP contribution in [0.1, 0.15) is 65.2 Å². The highest BCUT2D eigenvalue weighted by Crippen LogP contribution is 2.32. The van der Waals surface area contributed by atoms with Gasteiger partial charge in [0.2, 0.25) is 0 Å². The summed E-state index contributed by atoms with van der Waals surface area (Å²) in [6, 6.07) is 25.0. The molecule has 4 aromatic heterocycles. The highest BCUT2D eigenvalue weighted by molar-refractivity contribution is 7.13. The number of thiophene rings is 2. The predicted molar refractivity (Wildman–Crippen MR) is 200 cm³/mol. The second-order valence-corrected chi connectivity index (χ2v) is 14.3. The van der Waals surface area contributed by atoms with Crippen LogP contribution in [0.4, 0.5) is 0 Å². The van der Waals surface area contributed by atoms with Crippen molar-refractivity contribution in [2.75, 3.05) is 0 Å². The van der Waals surface area contributed by atoms with E-state index >= 15 is 0 Å². The number of unbranched alkanes of at least 4 members (excludes halogenated alkanes) is 6. The van der Waals surface area contributed by atoms with Crippen molar-refractivity contribution in [2.45, 2.75) is 78.3 Å². The first-order chi connectivity index (χ1) is 22.6. The Bertz CT molecular complexity index is 2110. The van der Waals surface area contributed by atoms with E-state index in [2.05, 4.69) is 94.4 Å². The highest BCUT2D eigenvalue weighted by atomic mass is 32.1. The Morgan fingerprint density at radius 2 is 0.935 bits per heavy atom. The summed E-state index contributed by atoms with van der Waals surface area (Å²) in [5, 5.41) is 7.01. The van der Waals surface area contributed by atoms with Crippen LogP contribution in [0.25, 0.3) is 64.5 Å². The molecule has 0 N–H and O–H groups in total. The summed E-state index contributed by atoms with van der Waals surface area (Å²) in [7, 11) is 0. The van der Waals surface area contributed by atoms with Gasteiger partial charge in [0.05, 0.1) is 22.1 Å². The number of pyridine rings is 2. The molecule has 46 heavy (non-hydrogen) atoms. The average molecular weight is 645 g/mol. The second kappa shape index (κ2) is 13.4.